The maximum atomic E-state index is 13.8. The summed E-state index contributed by atoms with van der Waals surface area (Å²) < 4.78 is 0. The fourth-order valence-corrected chi connectivity index (χ4v) is 8.35. The number of rotatable bonds is 16. The van der Waals surface area contributed by atoms with E-state index in [-0.39, 0.29) is 37.1 Å². The Labute approximate surface area is 408 Å². The summed E-state index contributed by atoms with van der Waals surface area (Å²) >= 11 is 6.31. The quantitative estimate of drug-likeness (QED) is 0.0579. The van der Waals surface area contributed by atoms with Crippen LogP contribution in [0.3, 0.4) is 0 Å². The number of hydrogen-bond acceptors (Lipinski definition) is 12. The van der Waals surface area contributed by atoms with Crippen molar-refractivity contribution in [3.05, 3.63) is 174 Å². The highest BCUT2D eigenvalue weighted by Crippen LogP contribution is 2.31. The van der Waals surface area contributed by atoms with Gasteiger partial charge in [-0.05, 0) is 92.0 Å². The third-order valence-electron chi connectivity index (χ3n) is 12.1. The van der Waals surface area contributed by atoms with Gasteiger partial charge in [0.1, 0.15) is 6.04 Å². The van der Waals surface area contributed by atoms with Crippen molar-refractivity contribution in [3.63, 3.8) is 0 Å². The molecule has 8 rings (SSSR count). The maximum Gasteiger partial charge on any atom is 0.254 e. The van der Waals surface area contributed by atoms with Crippen molar-refractivity contribution in [3.8, 4) is 22.5 Å². The number of halogens is 1. The maximum absolute atomic E-state index is 13.8. The van der Waals surface area contributed by atoms with Gasteiger partial charge in [-0.2, -0.15) is 0 Å². The molecule has 0 bridgehead atoms. The molecule has 356 valence electrons. The molecule has 3 heterocycles. The first kappa shape index (κ1) is 49.7. The normalized spacial score (nSPS) is 13.8. The van der Waals surface area contributed by atoms with E-state index in [2.05, 4.69) is 47.6 Å². The molecule has 6 N–H and O–H groups in total. The number of nitrogens with one attached hydrogen (secondary N) is 2. The second kappa shape index (κ2) is 24.2. The third-order valence-corrected chi connectivity index (χ3v) is 12.4. The van der Waals surface area contributed by atoms with Crippen molar-refractivity contribution in [2.45, 2.75) is 50.7 Å². The number of nitrogen functional groups attached to an aromatic ring is 1. The van der Waals surface area contributed by atoms with E-state index in [9.17, 15) is 19.8 Å². The number of carbonyl (C=O) groups excluding carboxylic acids is 2. The van der Waals surface area contributed by atoms with Gasteiger partial charge < -0.3 is 36.4 Å². The van der Waals surface area contributed by atoms with Crippen molar-refractivity contribution in [1.29, 1.82) is 0 Å². The van der Waals surface area contributed by atoms with Crippen LogP contribution in [0.2, 0.25) is 5.02 Å². The summed E-state index contributed by atoms with van der Waals surface area (Å²) in [5.41, 5.74) is 13.6. The van der Waals surface area contributed by atoms with Crippen molar-refractivity contribution < 1.29 is 19.8 Å². The molecule has 2 aromatic heterocycles. The van der Waals surface area contributed by atoms with Gasteiger partial charge in [-0.15, -0.1) is 0 Å². The van der Waals surface area contributed by atoms with Crippen molar-refractivity contribution in [2.24, 2.45) is 0 Å². The number of hydrogen-bond donors (Lipinski definition) is 5. The van der Waals surface area contributed by atoms with E-state index in [1.807, 2.05) is 117 Å². The minimum atomic E-state index is -0.439. The molecule has 1 aliphatic heterocycles. The van der Waals surface area contributed by atoms with E-state index in [0.29, 0.717) is 33.9 Å². The Bertz CT molecular complexity index is 2740. The number of aliphatic hydroxyl groups excluding tert-OH is 2. The molecule has 14 nitrogen and oxygen atoms in total. The van der Waals surface area contributed by atoms with Crippen LogP contribution >= 0.6 is 11.6 Å². The van der Waals surface area contributed by atoms with Gasteiger partial charge in [0.15, 0.2) is 0 Å². The Kier molecular flexibility index (Phi) is 17.4. The highest BCUT2D eigenvalue weighted by molar-refractivity contribution is 6.32. The molecule has 15 heteroatoms. The lowest BCUT2D eigenvalue weighted by Crippen LogP contribution is -2.43. The molecule has 0 saturated carbocycles. The van der Waals surface area contributed by atoms with E-state index in [1.165, 1.54) is 17.5 Å². The average molecular weight is 948 g/mol. The second-order valence-corrected chi connectivity index (χ2v) is 17.2. The lowest BCUT2D eigenvalue weighted by Gasteiger charge is -2.36. The molecule has 3 atom stereocenters. The summed E-state index contributed by atoms with van der Waals surface area (Å²) in [5, 5.41) is 25.9. The van der Waals surface area contributed by atoms with Crippen molar-refractivity contribution in [2.75, 3.05) is 61.7 Å². The van der Waals surface area contributed by atoms with Crippen LogP contribution in [0.1, 0.15) is 66.2 Å². The zero-order chi connectivity index (χ0) is 48.7. The standard InChI is InChI=1S/C30H32N6O.C24H27ClN4O3/c1-35(29(37)28(23-9-4-2-5-10-23)36-19-6-3-7-20-36)26-15-13-22(14-16-26)27-17-18-32-30(34-27)33-25-12-8-11-24(31)21-25;1-3-19(14-30)27-24-26-13-20(25)22(28-24)17-9-11-18(12-10-17)23(32)29(2)21(15-31)16-7-5-4-6-8-16/h2,4-5,8-18,21,28H,3,6-7,19-20,31H2,1H3,(H,32,33,34);4-13,19,21,30-31H,3,14-15H2,1-2H3,(H,26,27,28)/t;19-,21+/m.0/s1. The number of likely N-dealkylation sites (tertiary alicyclic amines) is 1. The molecule has 7 aromatic rings. The largest absolute Gasteiger partial charge is 0.399 e. The molecule has 5 aromatic carbocycles. The molecule has 69 heavy (non-hydrogen) atoms. The number of carbonyl (C=O) groups is 2. The van der Waals surface area contributed by atoms with E-state index in [4.69, 9.17) is 17.3 Å². The lowest BCUT2D eigenvalue weighted by atomic mass is 10.00. The zero-order valence-corrected chi connectivity index (χ0v) is 39.9. The molecule has 2 amide bonds. The predicted octanol–water partition coefficient (Wildman–Crippen LogP) is 9.44. The number of benzene rings is 5. The SMILES string of the molecule is CC[C@@H](CO)Nc1ncc(Cl)c(-c2ccc(C(=O)N(C)[C@H](CO)c3ccccc3)cc2)n1.CN(C(=O)C(c1ccccc1)N1CCCCC1)c1ccc(-c2ccnc(Nc3cccc(N)c3)n2)cc1. The zero-order valence-electron chi connectivity index (χ0n) is 39.1. The summed E-state index contributed by atoms with van der Waals surface area (Å²) in [5.74, 6) is 0.742. The minimum absolute atomic E-state index is 0.0278. The number of likely N-dealkylation sites (N-methyl/N-ethyl adjacent to an activating group) is 2. The average Bonchev–Trinajstić information content (AvgIpc) is 3.39. The Morgan fingerprint density at radius 2 is 1.42 bits per heavy atom. The molecule has 1 saturated heterocycles. The third kappa shape index (κ3) is 12.9. The topological polar surface area (TPSA) is 186 Å². The highest BCUT2D eigenvalue weighted by Gasteiger charge is 2.31. The van der Waals surface area contributed by atoms with Crippen LogP contribution in [-0.2, 0) is 4.79 Å². The monoisotopic (exact) mass is 946 g/mol. The summed E-state index contributed by atoms with van der Waals surface area (Å²) in [7, 11) is 3.53. The lowest BCUT2D eigenvalue weighted by molar-refractivity contribution is -0.124. The van der Waals surface area contributed by atoms with Gasteiger partial charge >= 0.3 is 0 Å². The number of aliphatic hydroxyl groups is 2. The molecule has 0 spiro atoms. The van der Waals surface area contributed by atoms with Crippen LogP contribution in [0.4, 0.5) is 29.0 Å². The van der Waals surface area contributed by atoms with Gasteiger partial charge in [0.25, 0.3) is 5.91 Å². The summed E-state index contributed by atoms with van der Waals surface area (Å²) in [6.45, 7) is 3.63. The van der Waals surface area contributed by atoms with Gasteiger partial charge in [-0.1, -0.05) is 116 Å². The van der Waals surface area contributed by atoms with E-state index in [0.717, 1.165) is 71.7 Å². The van der Waals surface area contributed by atoms with Gasteiger partial charge in [-0.3, -0.25) is 14.5 Å². The number of nitrogens with zero attached hydrogens (tertiary/aromatic N) is 7. The van der Waals surface area contributed by atoms with Gasteiger partial charge in [0.2, 0.25) is 17.8 Å². The molecule has 1 unspecified atom stereocenters. The molecular weight excluding hydrogens is 888 g/mol. The predicted molar refractivity (Wildman–Crippen MR) is 275 cm³/mol. The number of nitrogens with two attached hydrogens (primary N) is 1. The van der Waals surface area contributed by atoms with Crippen LogP contribution in [-0.4, -0.2) is 98.2 Å². The van der Waals surface area contributed by atoms with E-state index < -0.39 is 6.04 Å². The molecule has 1 fully saturated rings. The Balaban J connectivity index is 0.000000206. The second-order valence-electron chi connectivity index (χ2n) is 16.8. The van der Waals surface area contributed by atoms with Gasteiger partial charge in [-0.25, -0.2) is 19.9 Å². The summed E-state index contributed by atoms with van der Waals surface area (Å²) in [6.07, 6.45) is 7.44. The Morgan fingerprint density at radius 1 is 0.754 bits per heavy atom. The van der Waals surface area contributed by atoms with Gasteiger partial charge in [0, 0.05) is 54.0 Å². The van der Waals surface area contributed by atoms with Gasteiger partial charge in [0.05, 0.1) is 47.9 Å². The summed E-state index contributed by atoms with van der Waals surface area (Å²) in [4.78, 5) is 50.1. The fraction of sp³-hybridized carbons (Fsp3) is 0.259. The van der Waals surface area contributed by atoms with Crippen LogP contribution < -0.4 is 21.3 Å². The minimum Gasteiger partial charge on any atom is -0.399 e. The number of amides is 2. The Hall–Kier alpha value is -7.23. The molecule has 0 radical (unpaired) electrons. The van der Waals surface area contributed by atoms with E-state index in [1.54, 1.807) is 42.4 Å². The van der Waals surface area contributed by atoms with Crippen LogP contribution in [0.25, 0.3) is 22.5 Å². The first-order chi connectivity index (χ1) is 33.6. The van der Waals surface area contributed by atoms with E-state index >= 15 is 0 Å². The van der Waals surface area contributed by atoms with Crippen molar-refractivity contribution >= 4 is 52.4 Å². The molecule has 0 aliphatic carbocycles. The number of anilines is 5. The smallest absolute Gasteiger partial charge is 0.254 e. The summed E-state index contributed by atoms with van der Waals surface area (Å²) in [6, 6.07) is 42.9. The highest BCUT2D eigenvalue weighted by atomic mass is 35.5. The number of aromatic nitrogens is 4. The van der Waals surface area contributed by atoms with Crippen LogP contribution in [0, 0.1) is 0 Å². The molecular formula is C54H59ClN10O4. The number of piperidine rings is 1. The first-order valence-electron chi connectivity index (χ1n) is 23.1. The first-order valence-corrected chi connectivity index (χ1v) is 23.5. The Morgan fingerprint density at radius 3 is 2.06 bits per heavy atom. The van der Waals surface area contributed by atoms with Crippen LogP contribution in [0.5, 0.6) is 0 Å². The fourth-order valence-electron chi connectivity index (χ4n) is 8.15. The van der Waals surface area contributed by atoms with Crippen LogP contribution in [0.15, 0.2) is 152 Å². The molecule has 1 aliphatic rings. The van der Waals surface area contributed by atoms with Crippen molar-refractivity contribution in [1.82, 2.24) is 29.7 Å².